The van der Waals surface area contributed by atoms with Crippen molar-refractivity contribution in [2.75, 3.05) is 64.3 Å². The van der Waals surface area contributed by atoms with Crippen LogP contribution in [0.25, 0.3) is 0 Å². The molecular formula is C10H24N2S2. The van der Waals surface area contributed by atoms with Crippen molar-refractivity contribution in [3.63, 3.8) is 0 Å². The minimum absolute atomic E-state index is 1.16. The topological polar surface area (TPSA) is 6.48 Å². The summed E-state index contributed by atoms with van der Waals surface area (Å²) >= 11 is 4.00. The van der Waals surface area contributed by atoms with Crippen LogP contribution >= 0.6 is 23.5 Å². The highest BCUT2D eigenvalue weighted by molar-refractivity contribution is 8.02. The molecule has 0 saturated carbocycles. The molecule has 0 saturated heterocycles. The molecule has 86 valence electrons. The van der Waals surface area contributed by atoms with Crippen molar-refractivity contribution < 1.29 is 0 Å². The summed E-state index contributed by atoms with van der Waals surface area (Å²) in [6.07, 6.45) is 2.17. The fraction of sp³-hybridized carbons (Fsp3) is 1.00. The van der Waals surface area contributed by atoms with Crippen LogP contribution in [0.4, 0.5) is 0 Å². The Balaban J connectivity index is 3.14. The Morgan fingerprint density at radius 2 is 1.57 bits per heavy atom. The molecule has 0 rings (SSSR count). The fourth-order valence-corrected chi connectivity index (χ4v) is 2.73. The van der Waals surface area contributed by atoms with Gasteiger partial charge in [-0.1, -0.05) is 0 Å². The van der Waals surface area contributed by atoms with E-state index in [4.69, 9.17) is 0 Å². The predicted molar refractivity (Wildman–Crippen MR) is 71.8 cm³/mol. The van der Waals surface area contributed by atoms with Crippen LogP contribution in [0, 0.1) is 0 Å². The zero-order valence-electron chi connectivity index (χ0n) is 9.95. The van der Waals surface area contributed by atoms with Gasteiger partial charge in [-0.15, -0.1) is 0 Å². The van der Waals surface area contributed by atoms with E-state index in [0.717, 1.165) is 6.54 Å². The standard InChI is InChI=1S/C10H24N2S2/c1-11(2)5-6-12(3)7-8-14-10-9-13-4/h5-10H2,1-4H3. The summed E-state index contributed by atoms with van der Waals surface area (Å²) in [5.74, 6) is 3.85. The van der Waals surface area contributed by atoms with Gasteiger partial charge in [-0.2, -0.15) is 23.5 Å². The molecule has 2 nitrogen and oxygen atoms in total. The van der Waals surface area contributed by atoms with Gasteiger partial charge in [-0.3, -0.25) is 0 Å². The number of hydrogen-bond donors (Lipinski definition) is 0. The second-order valence-electron chi connectivity index (χ2n) is 3.71. The Bertz CT molecular complexity index is 121. The third-order valence-electron chi connectivity index (χ3n) is 1.98. The molecule has 0 bridgehead atoms. The van der Waals surface area contributed by atoms with Gasteiger partial charge in [0.05, 0.1) is 0 Å². The first kappa shape index (κ1) is 14.6. The molecule has 0 amide bonds. The first-order valence-corrected chi connectivity index (χ1v) is 7.61. The summed E-state index contributed by atoms with van der Waals surface area (Å²) < 4.78 is 0. The maximum absolute atomic E-state index is 2.41. The number of rotatable bonds is 9. The fourth-order valence-electron chi connectivity index (χ4n) is 0.947. The van der Waals surface area contributed by atoms with Crippen molar-refractivity contribution in [3.05, 3.63) is 0 Å². The number of nitrogens with zero attached hydrogens (tertiary/aromatic N) is 2. The van der Waals surface area contributed by atoms with Crippen LogP contribution in [0.5, 0.6) is 0 Å². The molecule has 0 aromatic carbocycles. The normalized spacial score (nSPS) is 11.6. The van der Waals surface area contributed by atoms with Gasteiger partial charge < -0.3 is 9.80 Å². The van der Waals surface area contributed by atoms with Gasteiger partial charge >= 0.3 is 0 Å². The van der Waals surface area contributed by atoms with Crippen LogP contribution in [0.15, 0.2) is 0 Å². The summed E-state index contributed by atoms with van der Waals surface area (Å²) in [6.45, 7) is 3.55. The van der Waals surface area contributed by atoms with Crippen molar-refractivity contribution in [2.24, 2.45) is 0 Å². The summed E-state index contributed by atoms with van der Waals surface area (Å²) in [6, 6.07) is 0. The molecule has 0 spiro atoms. The van der Waals surface area contributed by atoms with Crippen molar-refractivity contribution in [1.82, 2.24) is 9.80 Å². The molecule has 0 heterocycles. The Morgan fingerprint density at radius 3 is 2.14 bits per heavy atom. The van der Waals surface area contributed by atoms with Gasteiger partial charge in [0.25, 0.3) is 0 Å². The van der Waals surface area contributed by atoms with E-state index < -0.39 is 0 Å². The third kappa shape index (κ3) is 10.7. The zero-order valence-corrected chi connectivity index (χ0v) is 11.6. The summed E-state index contributed by atoms with van der Waals surface area (Å²) in [4.78, 5) is 4.64. The van der Waals surface area contributed by atoms with Gasteiger partial charge in [-0.25, -0.2) is 0 Å². The number of thioether (sulfide) groups is 2. The first-order valence-electron chi connectivity index (χ1n) is 5.06. The molecule has 0 atom stereocenters. The molecular weight excluding hydrogens is 212 g/mol. The van der Waals surface area contributed by atoms with E-state index in [0.29, 0.717) is 0 Å². The summed E-state index contributed by atoms with van der Waals surface area (Å²) in [5, 5.41) is 0. The van der Waals surface area contributed by atoms with Gasteiger partial charge in [0, 0.05) is 36.9 Å². The number of likely N-dealkylation sites (N-methyl/N-ethyl adjacent to an activating group) is 2. The van der Waals surface area contributed by atoms with Crippen LogP contribution in [-0.4, -0.2) is 74.1 Å². The van der Waals surface area contributed by atoms with E-state index in [-0.39, 0.29) is 0 Å². The molecule has 0 aromatic rings. The van der Waals surface area contributed by atoms with Gasteiger partial charge in [0.2, 0.25) is 0 Å². The van der Waals surface area contributed by atoms with Crippen LogP contribution in [0.3, 0.4) is 0 Å². The largest absolute Gasteiger partial charge is 0.308 e. The average molecular weight is 236 g/mol. The van der Waals surface area contributed by atoms with Gasteiger partial charge in [0.1, 0.15) is 0 Å². The predicted octanol–water partition coefficient (Wildman–Crippen LogP) is 1.58. The molecule has 0 fully saturated rings. The molecule has 0 aliphatic heterocycles. The van der Waals surface area contributed by atoms with E-state index in [1.165, 1.54) is 30.3 Å². The Hall–Kier alpha value is 0.620. The Morgan fingerprint density at radius 1 is 0.857 bits per heavy atom. The second-order valence-corrected chi connectivity index (χ2v) is 5.92. The molecule has 14 heavy (non-hydrogen) atoms. The molecule has 0 aliphatic carbocycles. The maximum Gasteiger partial charge on any atom is 0.0106 e. The quantitative estimate of drug-likeness (QED) is 0.561. The highest BCUT2D eigenvalue weighted by Gasteiger charge is 1.98. The lowest BCUT2D eigenvalue weighted by atomic mass is 10.5. The van der Waals surface area contributed by atoms with Gasteiger partial charge in [-0.05, 0) is 27.4 Å². The molecule has 0 N–H and O–H groups in total. The smallest absolute Gasteiger partial charge is 0.0106 e. The maximum atomic E-state index is 2.41. The van der Waals surface area contributed by atoms with Crippen LogP contribution in [0.2, 0.25) is 0 Å². The van der Waals surface area contributed by atoms with Crippen LogP contribution in [0.1, 0.15) is 0 Å². The Labute approximate surface area is 97.8 Å². The van der Waals surface area contributed by atoms with Crippen molar-refractivity contribution in [2.45, 2.75) is 0 Å². The monoisotopic (exact) mass is 236 g/mol. The zero-order chi connectivity index (χ0) is 10.8. The van der Waals surface area contributed by atoms with Crippen LogP contribution < -0.4 is 0 Å². The van der Waals surface area contributed by atoms with E-state index in [1.807, 2.05) is 11.8 Å². The lowest BCUT2D eigenvalue weighted by molar-refractivity contribution is 0.294. The van der Waals surface area contributed by atoms with Crippen molar-refractivity contribution in [1.29, 1.82) is 0 Å². The molecule has 0 radical (unpaired) electrons. The highest BCUT2D eigenvalue weighted by atomic mass is 32.2. The number of hydrogen-bond acceptors (Lipinski definition) is 4. The lowest BCUT2D eigenvalue weighted by Crippen LogP contribution is -2.30. The van der Waals surface area contributed by atoms with E-state index in [1.54, 1.807) is 0 Å². The van der Waals surface area contributed by atoms with Crippen molar-refractivity contribution >= 4 is 23.5 Å². The molecule has 4 heteroatoms. The summed E-state index contributed by atoms with van der Waals surface area (Å²) in [5.41, 5.74) is 0. The average Bonchev–Trinajstić information content (AvgIpc) is 2.14. The van der Waals surface area contributed by atoms with Crippen LogP contribution in [-0.2, 0) is 0 Å². The second kappa shape index (κ2) is 10.1. The lowest BCUT2D eigenvalue weighted by Gasteiger charge is -2.18. The Kier molecular flexibility index (Phi) is 10.6. The SMILES string of the molecule is CSCCSCCN(C)CCN(C)C. The molecule has 0 aliphatic rings. The minimum atomic E-state index is 1.16. The van der Waals surface area contributed by atoms with E-state index >= 15 is 0 Å². The molecule has 0 aromatic heterocycles. The third-order valence-corrected chi connectivity index (χ3v) is 3.81. The molecule has 0 unspecified atom stereocenters. The van der Waals surface area contributed by atoms with Gasteiger partial charge in [0.15, 0.2) is 0 Å². The van der Waals surface area contributed by atoms with E-state index in [2.05, 4.69) is 49.0 Å². The first-order chi connectivity index (χ1) is 6.66. The highest BCUT2D eigenvalue weighted by Crippen LogP contribution is 2.03. The summed E-state index contributed by atoms with van der Waals surface area (Å²) in [7, 11) is 6.46. The van der Waals surface area contributed by atoms with E-state index in [9.17, 15) is 0 Å². The minimum Gasteiger partial charge on any atom is -0.308 e. The van der Waals surface area contributed by atoms with Crippen molar-refractivity contribution in [3.8, 4) is 0 Å².